The van der Waals surface area contributed by atoms with Crippen LogP contribution in [0.3, 0.4) is 0 Å². The summed E-state index contributed by atoms with van der Waals surface area (Å²) >= 11 is 0. The molecule has 0 nitrogen and oxygen atoms in total. The van der Waals surface area contributed by atoms with Crippen LogP contribution in [-0.4, -0.2) is 94.7 Å². The van der Waals surface area contributed by atoms with E-state index in [1.807, 2.05) is 0 Å². The van der Waals surface area contributed by atoms with E-state index in [0.29, 0.717) is 0 Å². The lowest BCUT2D eigenvalue weighted by molar-refractivity contribution is -0.408. The lowest BCUT2D eigenvalue weighted by Gasteiger charge is -2.52. The van der Waals surface area contributed by atoms with Crippen molar-refractivity contribution >= 4 is 7.26 Å². The van der Waals surface area contributed by atoms with E-state index in [1.54, 1.807) is 0 Å². The van der Waals surface area contributed by atoms with Crippen molar-refractivity contribution in [2.45, 2.75) is 94.7 Å². The standard InChI is InChI=1S/C16F36P.ClH/c17-1(18,9(33,34)35)5(25,26)13(45,46)53(14(47,48)6(27,28)2(19,20)10(36,37)38,15(49,50)7(29,30)3(21,22)11(39,40)41)16(51,52)8(31,32)4(23,24)12(42,43)44;/h;1H/q+1;/p-1. The van der Waals surface area contributed by atoms with Crippen LogP contribution >= 0.6 is 7.26 Å². The molecule has 0 fully saturated rings. The number of hydrogen-bond acceptors (Lipinski definition) is 0. The van der Waals surface area contributed by atoms with Gasteiger partial charge in [0, 0.05) is 0 Å². The first kappa shape index (κ1) is 54.3. The van der Waals surface area contributed by atoms with Gasteiger partial charge in [0.1, 0.15) is 0 Å². The number of rotatable bonds is 12. The molecule has 328 valence electrons. The number of halogens is 37. The monoisotopic (exact) mass is 942 g/mol. The van der Waals surface area contributed by atoms with Crippen molar-refractivity contribution in [2.24, 2.45) is 0 Å². The van der Waals surface area contributed by atoms with Gasteiger partial charge in [0.25, 0.3) is 0 Å². The molecular weight excluding hydrogens is 943 g/mol. The SMILES string of the molecule is FC(F)(F)C(F)(F)C(F)(F)C(F)(F)[P+](C(F)(F)C(F)(F)C(F)(F)C(F)(F)F)(C(F)(F)C(F)(F)C(F)(F)C(F)(F)F)C(F)(F)C(F)(F)C(F)(F)C(F)(F)F.[Cl-]. The van der Waals surface area contributed by atoms with E-state index in [0.717, 1.165) is 0 Å². The Hall–Kier alpha value is -1.80. The van der Waals surface area contributed by atoms with Crippen LogP contribution in [0.5, 0.6) is 0 Å². The normalized spacial score (nSPS) is 17.1. The minimum absolute atomic E-state index is 0. The second kappa shape index (κ2) is 12.9. The van der Waals surface area contributed by atoms with E-state index < -0.39 is 102 Å². The summed E-state index contributed by atoms with van der Waals surface area (Å²) in [6.07, 6.45) is -37.0. The minimum atomic E-state index is -14.7. The first-order chi connectivity index (χ1) is 22.0. The molecule has 0 aliphatic heterocycles. The van der Waals surface area contributed by atoms with Crippen LogP contribution in [-0.2, 0) is 0 Å². The molecule has 0 amide bonds. The predicted molar refractivity (Wildman–Crippen MR) is 90.5 cm³/mol. The van der Waals surface area contributed by atoms with Crippen molar-refractivity contribution in [2.75, 3.05) is 0 Å². The second-order valence-corrected chi connectivity index (χ2v) is 13.0. The molecule has 0 N–H and O–H groups in total. The van der Waals surface area contributed by atoms with Gasteiger partial charge < -0.3 is 12.4 Å². The fourth-order valence-corrected chi connectivity index (χ4v) is 7.73. The minimum Gasteiger partial charge on any atom is -1.00 e. The highest BCUT2D eigenvalue weighted by Gasteiger charge is 3.17. The van der Waals surface area contributed by atoms with Crippen molar-refractivity contribution in [3.63, 3.8) is 0 Å². The average molecular weight is 943 g/mol. The van der Waals surface area contributed by atoms with Crippen LogP contribution in [0.1, 0.15) is 0 Å². The zero-order valence-corrected chi connectivity index (χ0v) is 24.1. The molecule has 0 aromatic rings. The first-order valence-corrected chi connectivity index (χ1v) is 12.5. The van der Waals surface area contributed by atoms with Crippen molar-refractivity contribution in [1.82, 2.24) is 0 Å². The molecule has 0 radical (unpaired) electrons. The zero-order chi connectivity index (χ0) is 44.5. The van der Waals surface area contributed by atoms with Crippen molar-refractivity contribution in [3.05, 3.63) is 0 Å². The highest BCUT2D eigenvalue weighted by molar-refractivity contribution is 7.80. The van der Waals surface area contributed by atoms with Gasteiger partial charge in [0.15, 0.2) is 0 Å². The third-order valence-electron chi connectivity index (χ3n) is 6.20. The van der Waals surface area contributed by atoms with Crippen LogP contribution in [0.15, 0.2) is 0 Å². The average Bonchev–Trinajstić information content (AvgIpc) is 2.84. The fraction of sp³-hybridized carbons (Fsp3) is 1.00. The molecule has 0 heterocycles. The highest BCUT2D eigenvalue weighted by Crippen LogP contribution is 3.01. The Kier molecular flexibility index (Phi) is 12.9. The molecule has 0 aliphatic rings. The van der Waals surface area contributed by atoms with Crippen molar-refractivity contribution < 1.29 is 170 Å². The third-order valence-corrected chi connectivity index (χ3v) is 10.7. The number of hydrogen-bond donors (Lipinski definition) is 0. The molecule has 54 heavy (non-hydrogen) atoms. The predicted octanol–water partition coefficient (Wildman–Crippen LogP) is 9.71. The summed E-state index contributed by atoms with van der Waals surface area (Å²) in [6, 6.07) is 0. The van der Waals surface area contributed by atoms with Crippen LogP contribution in [0.4, 0.5) is 158 Å². The van der Waals surface area contributed by atoms with Crippen LogP contribution < -0.4 is 12.4 Å². The molecule has 0 aromatic heterocycles. The maximum Gasteiger partial charge on any atom is 0.460 e. The Morgan fingerprint density at radius 2 is 0.259 bits per heavy atom. The smallest absolute Gasteiger partial charge is 0.460 e. The molecule has 0 bridgehead atoms. The van der Waals surface area contributed by atoms with E-state index in [2.05, 4.69) is 0 Å². The quantitative estimate of drug-likeness (QED) is 0.135. The van der Waals surface area contributed by atoms with Gasteiger partial charge in [-0.3, -0.25) is 0 Å². The van der Waals surface area contributed by atoms with Gasteiger partial charge in [-0.25, -0.2) is 0 Å². The maximum atomic E-state index is 15.0. The van der Waals surface area contributed by atoms with Gasteiger partial charge in [-0.15, -0.1) is 0 Å². The molecule has 0 saturated heterocycles. The molecule has 0 aromatic carbocycles. The van der Waals surface area contributed by atoms with E-state index in [9.17, 15) is 158 Å². The molecule has 0 saturated carbocycles. The molecular formula is C16ClF36P. The molecule has 0 rings (SSSR count). The molecule has 38 heteroatoms. The van der Waals surface area contributed by atoms with Crippen molar-refractivity contribution in [3.8, 4) is 0 Å². The summed E-state index contributed by atoms with van der Waals surface area (Å²) in [5.41, 5.74) is -46.7. The van der Waals surface area contributed by atoms with Gasteiger partial charge in [-0.05, 0) is 0 Å². The van der Waals surface area contributed by atoms with E-state index >= 15 is 0 Å². The first-order valence-electron chi connectivity index (χ1n) is 10.7. The molecule has 0 aliphatic carbocycles. The molecule has 0 atom stereocenters. The number of alkyl halides is 36. The Bertz CT molecular complexity index is 1130. The maximum absolute atomic E-state index is 15.0. The zero-order valence-electron chi connectivity index (χ0n) is 22.4. The molecule has 0 unspecified atom stereocenters. The lowest BCUT2D eigenvalue weighted by atomic mass is 10.1. The Morgan fingerprint density at radius 3 is 0.333 bits per heavy atom. The lowest BCUT2D eigenvalue weighted by Crippen LogP contribution is -3.00. The summed E-state index contributed by atoms with van der Waals surface area (Å²) in [6.45, 7) is 0. The van der Waals surface area contributed by atoms with Crippen LogP contribution in [0, 0.1) is 0 Å². The Labute approximate surface area is 273 Å². The highest BCUT2D eigenvalue weighted by atomic mass is 35.5. The summed E-state index contributed by atoms with van der Waals surface area (Å²) in [5.74, 6) is -83.5. The Balaban J connectivity index is 0. The van der Waals surface area contributed by atoms with Crippen molar-refractivity contribution in [1.29, 1.82) is 0 Å². The third kappa shape index (κ3) is 6.01. The van der Waals surface area contributed by atoms with Crippen LogP contribution in [0.25, 0.3) is 0 Å². The van der Waals surface area contributed by atoms with E-state index in [1.165, 1.54) is 0 Å². The summed E-state index contributed by atoms with van der Waals surface area (Å²) < 4.78 is 491. The topological polar surface area (TPSA) is 0 Å². The summed E-state index contributed by atoms with van der Waals surface area (Å²) in [5, 5.41) is 0. The van der Waals surface area contributed by atoms with E-state index in [-0.39, 0.29) is 12.4 Å². The van der Waals surface area contributed by atoms with Gasteiger partial charge >= 0.3 is 102 Å². The summed E-state index contributed by atoms with van der Waals surface area (Å²) in [4.78, 5) is 0. The summed E-state index contributed by atoms with van der Waals surface area (Å²) in [7, 11) is -14.7. The van der Waals surface area contributed by atoms with Gasteiger partial charge in [-0.1, -0.05) is 0 Å². The largest absolute Gasteiger partial charge is 1.00 e. The molecule has 0 spiro atoms. The second-order valence-electron chi connectivity index (χ2n) is 9.42. The van der Waals surface area contributed by atoms with Gasteiger partial charge in [0.2, 0.25) is 0 Å². The fourth-order valence-electron chi connectivity index (χ4n) is 3.37. The van der Waals surface area contributed by atoms with Gasteiger partial charge in [-0.2, -0.15) is 158 Å². The van der Waals surface area contributed by atoms with Crippen LogP contribution in [0.2, 0.25) is 0 Å². The van der Waals surface area contributed by atoms with E-state index in [4.69, 9.17) is 0 Å². The van der Waals surface area contributed by atoms with Gasteiger partial charge in [0.05, 0.1) is 0 Å². The Morgan fingerprint density at radius 1 is 0.167 bits per heavy atom.